The fourth-order valence-corrected chi connectivity index (χ4v) is 6.19. The largest absolute Gasteiger partial charge is 0.368 e. The van der Waals surface area contributed by atoms with Crippen molar-refractivity contribution < 1.29 is 4.79 Å². The van der Waals surface area contributed by atoms with E-state index in [2.05, 4.69) is 76.0 Å². The van der Waals surface area contributed by atoms with E-state index in [1.54, 1.807) is 0 Å². The number of para-hydroxylation sites is 1. The predicted molar refractivity (Wildman–Crippen MR) is 161 cm³/mol. The van der Waals surface area contributed by atoms with Crippen molar-refractivity contribution in [1.29, 1.82) is 5.26 Å². The second-order valence-electron chi connectivity index (χ2n) is 11.0. The number of hydrogen-bond acceptors (Lipinski definition) is 5. The average Bonchev–Trinajstić information content (AvgIpc) is 3.48. The number of nitrogens with zero attached hydrogens (tertiary/aromatic N) is 5. The SMILES string of the molecule is Cc1cc(C)c(C(=O)N2CCN(c3cccc4[nH]ccc34)CC2)cc1CN1CCN(c2ccccc2C#N)CC1. The van der Waals surface area contributed by atoms with Crippen LogP contribution in [0.4, 0.5) is 11.4 Å². The molecule has 2 aliphatic rings. The Hall–Kier alpha value is -4.28. The molecule has 0 unspecified atom stereocenters. The van der Waals surface area contributed by atoms with E-state index in [9.17, 15) is 10.1 Å². The first-order valence-electron chi connectivity index (χ1n) is 14.2. The molecular weight excluding hydrogens is 496 g/mol. The van der Waals surface area contributed by atoms with Crippen LogP contribution in [0.3, 0.4) is 0 Å². The van der Waals surface area contributed by atoms with Gasteiger partial charge in [-0.1, -0.05) is 24.3 Å². The molecule has 2 saturated heterocycles. The Bertz CT molecular complexity index is 1570. The van der Waals surface area contributed by atoms with Gasteiger partial charge in [0.25, 0.3) is 5.91 Å². The number of H-pyrrole nitrogens is 1. The molecule has 0 bridgehead atoms. The van der Waals surface area contributed by atoms with Crippen LogP contribution in [-0.4, -0.2) is 73.0 Å². The van der Waals surface area contributed by atoms with Gasteiger partial charge in [0, 0.05) is 87.3 Å². The van der Waals surface area contributed by atoms with Crippen molar-refractivity contribution in [2.75, 3.05) is 62.2 Å². The summed E-state index contributed by atoms with van der Waals surface area (Å²) in [6.45, 7) is 11.7. The third kappa shape index (κ3) is 5.03. The number of benzene rings is 3. The van der Waals surface area contributed by atoms with Gasteiger partial charge in [0.1, 0.15) is 6.07 Å². The molecule has 3 aromatic carbocycles. The van der Waals surface area contributed by atoms with Crippen molar-refractivity contribution in [3.63, 3.8) is 0 Å². The molecule has 0 spiro atoms. The van der Waals surface area contributed by atoms with Crippen LogP contribution in [0.25, 0.3) is 10.9 Å². The Morgan fingerprint density at radius 3 is 2.30 bits per heavy atom. The van der Waals surface area contributed by atoms with Gasteiger partial charge >= 0.3 is 0 Å². The monoisotopic (exact) mass is 532 g/mol. The van der Waals surface area contributed by atoms with Gasteiger partial charge in [0.2, 0.25) is 0 Å². The summed E-state index contributed by atoms with van der Waals surface area (Å²) in [7, 11) is 0. The summed E-state index contributed by atoms with van der Waals surface area (Å²) in [5, 5.41) is 10.7. The van der Waals surface area contributed by atoms with Gasteiger partial charge in [-0.3, -0.25) is 9.69 Å². The summed E-state index contributed by atoms with van der Waals surface area (Å²) in [6, 6.07) is 23.0. The fraction of sp³-hybridized carbons (Fsp3) is 0.333. The van der Waals surface area contributed by atoms with Gasteiger partial charge in [-0.25, -0.2) is 0 Å². The van der Waals surface area contributed by atoms with Gasteiger partial charge in [-0.2, -0.15) is 5.26 Å². The zero-order chi connectivity index (χ0) is 27.6. The van der Waals surface area contributed by atoms with Crippen molar-refractivity contribution in [1.82, 2.24) is 14.8 Å². The lowest BCUT2D eigenvalue weighted by Gasteiger charge is -2.37. The first kappa shape index (κ1) is 26.0. The number of nitrogens with one attached hydrogen (secondary N) is 1. The van der Waals surface area contributed by atoms with Crippen LogP contribution >= 0.6 is 0 Å². The third-order valence-corrected chi connectivity index (χ3v) is 8.52. The number of carbonyl (C=O) groups is 1. The van der Waals surface area contributed by atoms with E-state index < -0.39 is 0 Å². The standard InChI is InChI=1S/C33H36N6O/c1-24-20-25(2)29(21-27(24)23-36-12-14-37(15-13-36)31-8-4-3-6-26(31)22-34)33(40)39-18-16-38(17-19-39)32-9-5-7-30-28(32)10-11-35-30/h3-11,20-21,35H,12-19,23H2,1-2H3. The summed E-state index contributed by atoms with van der Waals surface area (Å²) in [6.07, 6.45) is 1.99. The summed E-state index contributed by atoms with van der Waals surface area (Å²) in [5.41, 5.74) is 8.45. The average molecular weight is 533 g/mol. The highest BCUT2D eigenvalue weighted by Gasteiger charge is 2.26. The third-order valence-electron chi connectivity index (χ3n) is 8.52. The molecule has 40 heavy (non-hydrogen) atoms. The molecule has 6 rings (SSSR count). The van der Waals surface area contributed by atoms with E-state index in [1.807, 2.05) is 35.4 Å². The molecule has 1 N–H and O–H groups in total. The molecule has 2 fully saturated rings. The highest BCUT2D eigenvalue weighted by atomic mass is 16.2. The minimum atomic E-state index is 0.135. The number of carbonyl (C=O) groups excluding carboxylic acids is 1. The summed E-state index contributed by atoms with van der Waals surface area (Å²) >= 11 is 0. The Morgan fingerprint density at radius 1 is 0.825 bits per heavy atom. The van der Waals surface area contributed by atoms with E-state index >= 15 is 0 Å². The predicted octanol–water partition coefficient (Wildman–Crippen LogP) is 4.94. The van der Waals surface area contributed by atoms with Crippen LogP contribution < -0.4 is 9.80 Å². The van der Waals surface area contributed by atoms with Gasteiger partial charge in [-0.05, 0) is 66.9 Å². The molecule has 7 nitrogen and oxygen atoms in total. The first-order chi connectivity index (χ1) is 19.5. The van der Waals surface area contributed by atoms with Crippen LogP contribution in [0.2, 0.25) is 0 Å². The fourth-order valence-electron chi connectivity index (χ4n) is 6.19. The number of anilines is 2. The van der Waals surface area contributed by atoms with Crippen molar-refractivity contribution in [3.8, 4) is 6.07 Å². The summed E-state index contributed by atoms with van der Waals surface area (Å²) in [4.78, 5) is 26.2. The number of aromatic amines is 1. The topological polar surface area (TPSA) is 69.6 Å². The van der Waals surface area contributed by atoms with Gasteiger partial charge in [-0.15, -0.1) is 0 Å². The van der Waals surface area contributed by atoms with E-state index in [4.69, 9.17) is 0 Å². The minimum Gasteiger partial charge on any atom is -0.368 e. The van der Waals surface area contributed by atoms with E-state index in [0.717, 1.165) is 73.7 Å². The molecule has 0 saturated carbocycles. The second kappa shape index (κ2) is 11.1. The maximum absolute atomic E-state index is 13.7. The number of fused-ring (bicyclic) bond motifs is 1. The normalized spacial score (nSPS) is 16.4. The molecule has 204 valence electrons. The van der Waals surface area contributed by atoms with Crippen LogP contribution in [-0.2, 0) is 6.54 Å². The molecule has 0 atom stereocenters. The van der Waals surface area contributed by atoms with Crippen LogP contribution in [0.5, 0.6) is 0 Å². The lowest BCUT2D eigenvalue weighted by Crippen LogP contribution is -2.49. The molecule has 4 aromatic rings. The summed E-state index contributed by atoms with van der Waals surface area (Å²) in [5.74, 6) is 0.135. The number of piperazine rings is 2. The van der Waals surface area contributed by atoms with Gasteiger partial charge in [0.15, 0.2) is 0 Å². The Labute approximate surface area is 236 Å². The molecule has 1 amide bonds. The van der Waals surface area contributed by atoms with Crippen molar-refractivity contribution >= 4 is 28.2 Å². The summed E-state index contributed by atoms with van der Waals surface area (Å²) < 4.78 is 0. The lowest BCUT2D eigenvalue weighted by molar-refractivity contribution is 0.0746. The smallest absolute Gasteiger partial charge is 0.254 e. The molecule has 0 radical (unpaired) electrons. The Kier molecular flexibility index (Phi) is 7.19. The number of amides is 1. The highest BCUT2D eigenvalue weighted by Crippen LogP contribution is 2.28. The Balaban J connectivity index is 1.10. The lowest BCUT2D eigenvalue weighted by atomic mass is 9.98. The number of hydrogen-bond donors (Lipinski definition) is 1. The van der Waals surface area contributed by atoms with Crippen molar-refractivity contribution in [3.05, 3.63) is 94.7 Å². The zero-order valence-corrected chi connectivity index (χ0v) is 23.4. The van der Waals surface area contributed by atoms with Crippen LogP contribution in [0.1, 0.15) is 32.6 Å². The Morgan fingerprint density at radius 2 is 1.52 bits per heavy atom. The molecular formula is C33H36N6O. The van der Waals surface area contributed by atoms with E-state index in [1.165, 1.54) is 22.2 Å². The van der Waals surface area contributed by atoms with Crippen LogP contribution in [0, 0.1) is 25.2 Å². The van der Waals surface area contributed by atoms with Gasteiger partial charge < -0.3 is 19.7 Å². The highest BCUT2D eigenvalue weighted by molar-refractivity contribution is 5.96. The second-order valence-corrected chi connectivity index (χ2v) is 11.0. The number of nitriles is 1. The van der Waals surface area contributed by atoms with Crippen molar-refractivity contribution in [2.24, 2.45) is 0 Å². The number of aromatic nitrogens is 1. The van der Waals surface area contributed by atoms with Crippen molar-refractivity contribution in [2.45, 2.75) is 20.4 Å². The molecule has 0 aliphatic carbocycles. The molecule has 3 heterocycles. The molecule has 1 aromatic heterocycles. The maximum atomic E-state index is 13.7. The molecule has 7 heteroatoms. The zero-order valence-electron chi connectivity index (χ0n) is 23.4. The minimum absolute atomic E-state index is 0.135. The number of aryl methyl sites for hydroxylation is 2. The quantitative estimate of drug-likeness (QED) is 0.394. The van der Waals surface area contributed by atoms with E-state index in [-0.39, 0.29) is 5.91 Å². The molecule has 2 aliphatic heterocycles. The van der Waals surface area contributed by atoms with Gasteiger partial charge in [0.05, 0.1) is 11.3 Å². The van der Waals surface area contributed by atoms with E-state index in [0.29, 0.717) is 13.1 Å². The first-order valence-corrected chi connectivity index (χ1v) is 14.2. The maximum Gasteiger partial charge on any atom is 0.254 e. The van der Waals surface area contributed by atoms with Crippen LogP contribution in [0.15, 0.2) is 66.9 Å². The number of rotatable bonds is 5.